The molecule has 0 spiro atoms. The van der Waals surface area contributed by atoms with Crippen LogP contribution < -0.4 is 0 Å². The molecule has 4 heteroatoms. The normalized spacial score (nSPS) is 47.2. The summed E-state index contributed by atoms with van der Waals surface area (Å²) >= 11 is 3.30. The van der Waals surface area contributed by atoms with Crippen LogP contribution in [0, 0.1) is 16.2 Å². The number of hydrogen-bond acceptors (Lipinski definition) is 2. The van der Waals surface area contributed by atoms with Crippen LogP contribution in [-0.4, -0.2) is 21.7 Å². The van der Waals surface area contributed by atoms with Gasteiger partial charge in [-0.15, -0.1) is 0 Å². The molecule has 0 radical (unpaired) electrons. The van der Waals surface area contributed by atoms with E-state index in [-0.39, 0.29) is 5.78 Å². The number of fused-ring (bicyclic) bond motifs is 2. The van der Waals surface area contributed by atoms with E-state index in [0.717, 1.165) is 0 Å². The number of Topliss-reactive ketones (excluding diaryl/α,β-unsaturated/α-hetero) is 1. The number of alkyl halides is 1. The smallest absolute Gasteiger partial charge is 0.311 e. The van der Waals surface area contributed by atoms with E-state index >= 15 is 0 Å². The first kappa shape index (κ1) is 11.1. The lowest BCUT2D eigenvalue weighted by atomic mass is 9.65. The molecule has 0 unspecified atom stereocenters. The van der Waals surface area contributed by atoms with Gasteiger partial charge in [0.2, 0.25) is 0 Å². The average Bonchev–Trinajstić information content (AvgIpc) is 2.39. The number of halogens is 1. The third-order valence-corrected chi connectivity index (χ3v) is 6.30. The maximum Gasteiger partial charge on any atom is 0.311 e. The minimum atomic E-state index is -0.918. The van der Waals surface area contributed by atoms with E-state index in [1.54, 1.807) is 0 Å². The van der Waals surface area contributed by atoms with Crippen molar-refractivity contribution < 1.29 is 14.7 Å². The molecule has 0 aromatic rings. The van der Waals surface area contributed by atoms with Crippen LogP contribution in [-0.2, 0) is 9.59 Å². The summed E-state index contributed by atoms with van der Waals surface area (Å²) in [6.07, 6.45) is 1.28. The summed E-state index contributed by atoms with van der Waals surface area (Å²) in [7, 11) is 0. The predicted molar refractivity (Wildman–Crippen MR) is 58.9 cm³/mol. The van der Waals surface area contributed by atoms with E-state index in [1.165, 1.54) is 0 Å². The van der Waals surface area contributed by atoms with Crippen molar-refractivity contribution in [3.8, 4) is 0 Å². The Labute approximate surface area is 97.4 Å². The van der Waals surface area contributed by atoms with Crippen LogP contribution in [0.15, 0.2) is 0 Å². The molecule has 0 aliphatic heterocycles. The minimum Gasteiger partial charge on any atom is -0.481 e. The number of aliphatic carboxylic acids is 1. The summed E-state index contributed by atoms with van der Waals surface area (Å²) in [6, 6.07) is 0. The van der Waals surface area contributed by atoms with Crippen LogP contribution >= 0.6 is 15.9 Å². The van der Waals surface area contributed by atoms with Crippen LogP contribution in [0.1, 0.15) is 33.6 Å². The SMILES string of the molecule is CC1(C)[C@]2(C(=O)O)CC[C@]1(C)C(=O)[C@@H]2Br. The Kier molecular flexibility index (Phi) is 1.96. The van der Waals surface area contributed by atoms with Crippen LogP contribution in [0.25, 0.3) is 0 Å². The molecule has 84 valence electrons. The molecule has 3 atom stereocenters. The summed E-state index contributed by atoms with van der Waals surface area (Å²) in [5.74, 6) is -0.787. The van der Waals surface area contributed by atoms with Gasteiger partial charge in [0.1, 0.15) is 0 Å². The fraction of sp³-hybridized carbons (Fsp3) is 0.818. The van der Waals surface area contributed by atoms with E-state index in [0.29, 0.717) is 12.8 Å². The second-order valence-corrected chi connectivity index (χ2v) is 6.38. The lowest BCUT2D eigenvalue weighted by molar-refractivity contribution is -0.153. The molecule has 0 heterocycles. The van der Waals surface area contributed by atoms with E-state index in [2.05, 4.69) is 15.9 Å². The Hall–Kier alpha value is -0.380. The number of ketones is 1. The summed E-state index contributed by atoms with van der Waals surface area (Å²) in [5.41, 5.74) is -1.88. The van der Waals surface area contributed by atoms with Crippen molar-refractivity contribution in [2.45, 2.75) is 38.4 Å². The van der Waals surface area contributed by atoms with Crippen molar-refractivity contribution >= 4 is 27.7 Å². The van der Waals surface area contributed by atoms with Crippen LogP contribution in [0.2, 0.25) is 0 Å². The van der Waals surface area contributed by atoms with Gasteiger partial charge in [0.25, 0.3) is 0 Å². The second-order valence-electron chi connectivity index (χ2n) is 5.46. The molecule has 0 aromatic carbocycles. The first-order valence-corrected chi connectivity index (χ1v) is 6.05. The maximum atomic E-state index is 12.1. The van der Waals surface area contributed by atoms with Crippen molar-refractivity contribution in [3.63, 3.8) is 0 Å². The highest BCUT2D eigenvalue weighted by Gasteiger charge is 2.77. The fourth-order valence-corrected chi connectivity index (χ4v) is 4.93. The quantitative estimate of drug-likeness (QED) is 0.746. The monoisotopic (exact) mass is 274 g/mol. The zero-order valence-corrected chi connectivity index (χ0v) is 10.7. The Morgan fingerprint density at radius 2 is 1.93 bits per heavy atom. The van der Waals surface area contributed by atoms with E-state index in [9.17, 15) is 14.7 Å². The molecular formula is C11H15BrO3. The summed E-state index contributed by atoms with van der Waals surface area (Å²) in [6.45, 7) is 5.72. The number of carbonyl (C=O) groups is 2. The third kappa shape index (κ3) is 0.846. The van der Waals surface area contributed by atoms with E-state index in [4.69, 9.17) is 0 Å². The molecule has 2 aliphatic rings. The van der Waals surface area contributed by atoms with E-state index in [1.807, 2.05) is 20.8 Å². The molecule has 1 N–H and O–H groups in total. The van der Waals surface area contributed by atoms with Crippen molar-refractivity contribution in [2.24, 2.45) is 16.2 Å². The zero-order chi connectivity index (χ0) is 11.6. The van der Waals surface area contributed by atoms with Gasteiger partial charge >= 0.3 is 5.97 Å². The predicted octanol–water partition coefficient (Wildman–Crippen LogP) is 2.23. The Balaban J connectivity index is 2.68. The minimum absolute atomic E-state index is 0.0566. The molecule has 0 amide bonds. The maximum absolute atomic E-state index is 12.1. The van der Waals surface area contributed by atoms with Crippen molar-refractivity contribution in [2.75, 3.05) is 0 Å². The molecule has 3 nitrogen and oxygen atoms in total. The highest BCUT2D eigenvalue weighted by molar-refractivity contribution is 9.10. The fourth-order valence-electron chi connectivity index (χ4n) is 3.43. The topological polar surface area (TPSA) is 54.4 Å². The standard InChI is InChI=1S/C11H15BrO3/c1-9(2)10(3)4-5-11(9,8(14)15)6(12)7(10)13/h6H,4-5H2,1-3H3,(H,14,15)/t6-,10+,11+/m0/s1. The van der Waals surface area contributed by atoms with Gasteiger partial charge < -0.3 is 5.11 Å². The molecule has 2 aliphatic carbocycles. The van der Waals surface area contributed by atoms with Gasteiger partial charge in [-0.2, -0.15) is 0 Å². The molecule has 2 rings (SSSR count). The average molecular weight is 275 g/mol. The lowest BCUT2D eigenvalue weighted by Crippen LogP contribution is -2.44. The van der Waals surface area contributed by atoms with Gasteiger partial charge in [0, 0.05) is 5.41 Å². The molecule has 0 saturated heterocycles. The third-order valence-electron chi connectivity index (χ3n) is 5.10. The number of rotatable bonds is 1. The van der Waals surface area contributed by atoms with Crippen LogP contribution in [0.3, 0.4) is 0 Å². The van der Waals surface area contributed by atoms with Crippen molar-refractivity contribution in [1.82, 2.24) is 0 Å². The number of carboxylic acid groups (broad SMARTS) is 1. The Morgan fingerprint density at radius 1 is 1.40 bits per heavy atom. The van der Waals surface area contributed by atoms with Crippen LogP contribution in [0.4, 0.5) is 0 Å². The summed E-state index contributed by atoms with van der Waals surface area (Å²) in [5, 5.41) is 9.45. The highest BCUT2D eigenvalue weighted by atomic mass is 79.9. The van der Waals surface area contributed by atoms with Gasteiger partial charge in [-0.3, -0.25) is 9.59 Å². The Bertz CT molecular complexity index is 363. The second kappa shape index (κ2) is 2.65. The largest absolute Gasteiger partial charge is 0.481 e. The Morgan fingerprint density at radius 3 is 2.20 bits per heavy atom. The van der Waals surface area contributed by atoms with Crippen LogP contribution in [0.5, 0.6) is 0 Å². The van der Waals surface area contributed by atoms with Gasteiger partial charge in [-0.1, -0.05) is 36.7 Å². The lowest BCUT2D eigenvalue weighted by Gasteiger charge is -2.37. The van der Waals surface area contributed by atoms with Gasteiger partial charge in [-0.05, 0) is 18.3 Å². The van der Waals surface area contributed by atoms with Gasteiger partial charge in [0.05, 0.1) is 10.2 Å². The first-order valence-electron chi connectivity index (χ1n) is 5.13. The number of carbonyl (C=O) groups excluding carboxylic acids is 1. The van der Waals surface area contributed by atoms with Crippen molar-refractivity contribution in [1.29, 1.82) is 0 Å². The highest BCUT2D eigenvalue weighted by Crippen LogP contribution is 2.72. The van der Waals surface area contributed by atoms with Gasteiger partial charge in [-0.25, -0.2) is 0 Å². The molecular weight excluding hydrogens is 260 g/mol. The summed E-state index contributed by atoms with van der Waals surface area (Å²) < 4.78 is 0. The molecule has 15 heavy (non-hydrogen) atoms. The van der Waals surface area contributed by atoms with E-state index < -0.39 is 27.0 Å². The summed E-state index contributed by atoms with van der Waals surface area (Å²) in [4.78, 5) is 23.1. The van der Waals surface area contributed by atoms with Gasteiger partial charge in [0.15, 0.2) is 5.78 Å². The molecule has 2 saturated carbocycles. The molecule has 0 aromatic heterocycles. The first-order chi connectivity index (χ1) is 6.72. The van der Waals surface area contributed by atoms with Crippen molar-refractivity contribution in [3.05, 3.63) is 0 Å². The number of carboxylic acids is 1. The number of hydrogen-bond donors (Lipinski definition) is 1. The molecule has 2 bridgehead atoms. The zero-order valence-electron chi connectivity index (χ0n) is 9.13. The molecule has 2 fully saturated rings.